The van der Waals surface area contributed by atoms with Crippen molar-refractivity contribution < 1.29 is 9.59 Å². The average molecular weight is 525 g/mol. The molecule has 2 aliphatic heterocycles. The summed E-state index contributed by atoms with van der Waals surface area (Å²) in [6.45, 7) is 4.68. The summed E-state index contributed by atoms with van der Waals surface area (Å²) in [7, 11) is 0. The minimum Gasteiger partial charge on any atom is -0.353 e. The van der Waals surface area contributed by atoms with Crippen molar-refractivity contribution in [3.63, 3.8) is 0 Å². The van der Waals surface area contributed by atoms with Crippen molar-refractivity contribution in [1.82, 2.24) is 24.9 Å². The van der Waals surface area contributed by atoms with Gasteiger partial charge in [0.05, 0.1) is 22.1 Å². The van der Waals surface area contributed by atoms with Crippen LogP contribution in [0.4, 0.5) is 5.82 Å². The molecule has 2 fully saturated rings. The van der Waals surface area contributed by atoms with E-state index in [1.807, 2.05) is 21.4 Å². The second-order valence-corrected chi connectivity index (χ2v) is 10.6. The van der Waals surface area contributed by atoms with E-state index in [1.54, 1.807) is 18.2 Å². The number of anilines is 1. The molecule has 1 aromatic carbocycles. The summed E-state index contributed by atoms with van der Waals surface area (Å²) in [6.07, 6.45) is 2.37. The van der Waals surface area contributed by atoms with Gasteiger partial charge in [-0.3, -0.25) is 18.8 Å². The lowest BCUT2D eigenvalue weighted by Crippen LogP contribution is -2.48. The maximum Gasteiger partial charge on any atom is 0.258 e. The van der Waals surface area contributed by atoms with Crippen LogP contribution in [-0.2, 0) is 4.79 Å². The molecule has 2 saturated heterocycles. The number of nitrogens with zero attached hydrogens (tertiary/aromatic N) is 4. The van der Waals surface area contributed by atoms with Crippen LogP contribution >= 0.6 is 22.9 Å². The smallest absolute Gasteiger partial charge is 0.258 e. The van der Waals surface area contributed by atoms with E-state index in [-0.39, 0.29) is 29.4 Å². The van der Waals surface area contributed by atoms with Gasteiger partial charge in [-0.2, -0.15) is 0 Å². The quantitative estimate of drug-likeness (QED) is 0.416. The normalized spacial score (nSPS) is 16.8. The lowest BCUT2D eigenvalue weighted by molar-refractivity contribution is -0.120. The lowest BCUT2D eigenvalue weighted by atomic mass is 10.1. The van der Waals surface area contributed by atoms with Crippen molar-refractivity contribution in [3.05, 3.63) is 51.1 Å². The fourth-order valence-electron chi connectivity index (χ4n) is 5.03. The summed E-state index contributed by atoms with van der Waals surface area (Å²) in [5.74, 6) is 0.155. The second kappa shape index (κ2) is 9.34. The Labute approximate surface area is 215 Å². The molecule has 0 radical (unpaired) electrons. The SMILES string of the molecule is O=C1CN(c2ccc3c(=O)c(C(=O)NCCN4CCCC4)c4sc5ccc(Cl)cc5n4c3n2)CCN1. The molecule has 6 rings (SSSR count). The molecule has 186 valence electrons. The van der Waals surface area contributed by atoms with Crippen LogP contribution in [0, 0.1) is 0 Å². The molecule has 0 atom stereocenters. The number of piperazine rings is 1. The van der Waals surface area contributed by atoms with Gasteiger partial charge in [0, 0.05) is 31.2 Å². The third-order valence-electron chi connectivity index (χ3n) is 6.83. The summed E-state index contributed by atoms with van der Waals surface area (Å²) < 4.78 is 2.74. The van der Waals surface area contributed by atoms with Gasteiger partial charge in [0.25, 0.3) is 5.91 Å². The highest BCUT2D eigenvalue weighted by Crippen LogP contribution is 2.33. The van der Waals surface area contributed by atoms with E-state index in [2.05, 4.69) is 15.5 Å². The average Bonchev–Trinajstić information content (AvgIpc) is 3.51. The summed E-state index contributed by atoms with van der Waals surface area (Å²) in [4.78, 5) is 48.5. The first-order chi connectivity index (χ1) is 17.5. The number of nitrogens with one attached hydrogen (secondary N) is 2. The summed E-state index contributed by atoms with van der Waals surface area (Å²) >= 11 is 7.70. The van der Waals surface area contributed by atoms with Gasteiger partial charge in [-0.05, 0) is 56.3 Å². The number of carbonyl (C=O) groups excluding carboxylic acids is 2. The van der Waals surface area contributed by atoms with E-state index >= 15 is 0 Å². The van der Waals surface area contributed by atoms with Gasteiger partial charge in [0.1, 0.15) is 16.2 Å². The fraction of sp³-hybridized carbons (Fsp3) is 0.360. The largest absolute Gasteiger partial charge is 0.353 e. The van der Waals surface area contributed by atoms with E-state index in [4.69, 9.17) is 16.6 Å². The topological polar surface area (TPSA) is 99.0 Å². The van der Waals surface area contributed by atoms with Crippen LogP contribution in [0.25, 0.3) is 26.1 Å². The predicted octanol–water partition coefficient (Wildman–Crippen LogP) is 2.48. The van der Waals surface area contributed by atoms with E-state index in [0.29, 0.717) is 46.3 Å². The van der Waals surface area contributed by atoms with Crippen molar-refractivity contribution in [2.75, 3.05) is 50.7 Å². The maximum atomic E-state index is 13.7. The monoisotopic (exact) mass is 524 g/mol. The zero-order valence-electron chi connectivity index (χ0n) is 19.6. The number of amides is 2. The van der Waals surface area contributed by atoms with E-state index < -0.39 is 0 Å². The van der Waals surface area contributed by atoms with Crippen molar-refractivity contribution in [3.8, 4) is 0 Å². The van der Waals surface area contributed by atoms with Gasteiger partial charge in [0.15, 0.2) is 5.65 Å². The molecule has 0 unspecified atom stereocenters. The molecule has 2 amide bonds. The number of fused-ring (bicyclic) bond motifs is 5. The maximum absolute atomic E-state index is 13.7. The van der Waals surface area contributed by atoms with Gasteiger partial charge >= 0.3 is 0 Å². The fourth-order valence-corrected chi connectivity index (χ4v) is 6.36. The highest BCUT2D eigenvalue weighted by Gasteiger charge is 2.25. The summed E-state index contributed by atoms with van der Waals surface area (Å²) in [6, 6.07) is 8.95. The molecule has 0 saturated carbocycles. The van der Waals surface area contributed by atoms with Crippen molar-refractivity contribution in [2.24, 2.45) is 0 Å². The summed E-state index contributed by atoms with van der Waals surface area (Å²) in [5.41, 5.74) is 0.991. The number of hydrogen-bond donors (Lipinski definition) is 2. The summed E-state index contributed by atoms with van der Waals surface area (Å²) in [5, 5.41) is 6.67. The van der Waals surface area contributed by atoms with E-state index in [1.165, 1.54) is 24.2 Å². The standard InChI is InChI=1S/C25H25ClN6O3S/c26-15-3-5-18-17(13-15)32-23-16(4-6-19(29-23)31-12-8-27-20(33)14-31)22(34)21(25(32)36-18)24(35)28-7-11-30-9-1-2-10-30/h3-6,13H,1-2,7-12,14H2,(H,27,33)(H,28,35). The number of rotatable bonds is 5. The Hall–Kier alpha value is -3.21. The minimum atomic E-state index is -0.381. The number of hydrogen-bond acceptors (Lipinski definition) is 7. The number of likely N-dealkylation sites (tertiary alicyclic amines) is 1. The Morgan fingerprint density at radius 1 is 1.14 bits per heavy atom. The van der Waals surface area contributed by atoms with Crippen LogP contribution in [0.1, 0.15) is 23.2 Å². The van der Waals surface area contributed by atoms with Crippen molar-refractivity contribution in [2.45, 2.75) is 12.8 Å². The number of thiazole rings is 1. The van der Waals surface area contributed by atoms with Gasteiger partial charge in [-0.15, -0.1) is 11.3 Å². The van der Waals surface area contributed by atoms with Crippen LogP contribution in [-0.4, -0.2) is 71.9 Å². The highest BCUT2D eigenvalue weighted by atomic mass is 35.5. The zero-order valence-corrected chi connectivity index (χ0v) is 21.1. The number of carbonyl (C=O) groups is 2. The third-order valence-corrected chi connectivity index (χ3v) is 8.21. The number of halogens is 1. The molecule has 0 spiro atoms. The zero-order chi connectivity index (χ0) is 24.8. The Bertz CT molecular complexity index is 1580. The first kappa shape index (κ1) is 23.2. The Balaban J connectivity index is 1.49. The van der Waals surface area contributed by atoms with Gasteiger partial charge in [-0.1, -0.05) is 11.6 Å². The molecule has 11 heteroatoms. The first-order valence-electron chi connectivity index (χ1n) is 12.1. The molecule has 5 heterocycles. The highest BCUT2D eigenvalue weighted by molar-refractivity contribution is 7.24. The van der Waals surface area contributed by atoms with Crippen LogP contribution in [0.2, 0.25) is 5.02 Å². The van der Waals surface area contributed by atoms with Gasteiger partial charge in [0.2, 0.25) is 11.3 Å². The molecular weight excluding hydrogens is 500 g/mol. The molecule has 2 N–H and O–H groups in total. The predicted molar refractivity (Wildman–Crippen MR) is 143 cm³/mol. The van der Waals surface area contributed by atoms with Crippen LogP contribution in [0.3, 0.4) is 0 Å². The number of aromatic nitrogens is 2. The minimum absolute atomic E-state index is 0.0702. The second-order valence-electron chi connectivity index (χ2n) is 9.18. The number of benzene rings is 1. The van der Waals surface area contributed by atoms with E-state index in [9.17, 15) is 14.4 Å². The molecule has 36 heavy (non-hydrogen) atoms. The Morgan fingerprint density at radius 3 is 2.78 bits per heavy atom. The molecule has 0 bridgehead atoms. The Kier molecular flexibility index (Phi) is 6.02. The van der Waals surface area contributed by atoms with Crippen molar-refractivity contribution >= 4 is 66.7 Å². The molecular formula is C25H25ClN6O3S. The molecule has 3 aromatic heterocycles. The Morgan fingerprint density at radius 2 is 1.97 bits per heavy atom. The van der Waals surface area contributed by atoms with Gasteiger partial charge < -0.3 is 20.4 Å². The molecule has 4 aromatic rings. The van der Waals surface area contributed by atoms with Gasteiger partial charge in [-0.25, -0.2) is 4.98 Å². The number of pyridine rings is 2. The van der Waals surface area contributed by atoms with E-state index in [0.717, 1.165) is 29.9 Å². The van der Waals surface area contributed by atoms with Crippen LogP contribution < -0.4 is 21.0 Å². The first-order valence-corrected chi connectivity index (χ1v) is 13.3. The van der Waals surface area contributed by atoms with Crippen LogP contribution in [0.5, 0.6) is 0 Å². The molecule has 2 aliphatic rings. The van der Waals surface area contributed by atoms with Crippen molar-refractivity contribution in [1.29, 1.82) is 0 Å². The molecule has 0 aliphatic carbocycles. The molecule has 9 nitrogen and oxygen atoms in total. The van der Waals surface area contributed by atoms with Crippen LogP contribution in [0.15, 0.2) is 35.1 Å². The lowest BCUT2D eigenvalue weighted by Gasteiger charge is -2.27. The third kappa shape index (κ3) is 4.08.